The van der Waals surface area contributed by atoms with Crippen molar-refractivity contribution in [2.45, 2.75) is 0 Å². The second kappa shape index (κ2) is 5.62. The summed E-state index contributed by atoms with van der Waals surface area (Å²) in [6.45, 7) is 0. The van der Waals surface area contributed by atoms with E-state index in [0.29, 0.717) is 17.2 Å². The summed E-state index contributed by atoms with van der Waals surface area (Å²) in [5.74, 6) is 0.441. The number of carbonyl (C=O) groups is 1. The number of tetrazole rings is 1. The average Bonchev–Trinajstić information content (AvgIpc) is 3.21. The van der Waals surface area contributed by atoms with E-state index in [4.69, 9.17) is 0 Å². The molecule has 0 unspecified atom stereocenters. The van der Waals surface area contributed by atoms with E-state index >= 15 is 0 Å². The lowest BCUT2D eigenvalue weighted by molar-refractivity contribution is 0.102. The number of nitrogens with zero attached hydrogens (tertiary/aromatic N) is 4. The van der Waals surface area contributed by atoms with E-state index in [1.807, 2.05) is 54.6 Å². The number of hydrogen-bond acceptors (Lipinski definition) is 4. The molecule has 4 rings (SSSR count). The third-order valence-corrected chi connectivity index (χ3v) is 3.77. The van der Waals surface area contributed by atoms with Gasteiger partial charge in [-0.3, -0.25) is 4.79 Å². The van der Waals surface area contributed by atoms with E-state index < -0.39 is 0 Å². The third-order valence-electron chi connectivity index (χ3n) is 3.77. The van der Waals surface area contributed by atoms with Gasteiger partial charge in [0.25, 0.3) is 5.91 Å². The van der Waals surface area contributed by atoms with E-state index in [-0.39, 0.29) is 5.91 Å². The second-order valence-corrected chi connectivity index (χ2v) is 5.43. The first kappa shape index (κ1) is 14.1. The first-order valence-electron chi connectivity index (χ1n) is 7.42. The minimum absolute atomic E-state index is 0.195. The number of para-hydroxylation sites is 1. The Balaban J connectivity index is 1.61. The quantitative estimate of drug-likeness (QED) is 0.608. The van der Waals surface area contributed by atoms with Crippen molar-refractivity contribution < 1.29 is 4.79 Å². The number of benzene rings is 2. The maximum atomic E-state index is 12.5. The van der Waals surface area contributed by atoms with E-state index in [9.17, 15) is 4.79 Å². The fourth-order valence-corrected chi connectivity index (χ4v) is 2.60. The highest BCUT2D eigenvalue weighted by Gasteiger charge is 2.11. The van der Waals surface area contributed by atoms with Gasteiger partial charge in [0.1, 0.15) is 5.69 Å². The summed E-state index contributed by atoms with van der Waals surface area (Å²) in [7, 11) is 1.77. The highest BCUT2D eigenvalue weighted by atomic mass is 16.1. The van der Waals surface area contributed by atoms with E-state index in [1.54, 1.807) is 11.7 Å². The van der Waals surface area contributed by atoms with Crippen LogP contribution in [0.1, 0.15) is 10.5 Å². The summed E-state index contributed by atoms with van der Waals surface area (Å²) < 4.78 is 1.58. The molecule has 0 atom stereocenters. The maximum Gasteiger partial charge on any atom is 0.272 e. The van der Waals surface area contributed by atoms with Crippen LogP contribution < -0.4 is 5.32 Å². The SMILES string of the molecule is Cn1nnnc1-c1cccc(NC(=O)c2cc3ccccc3[nH]2)c1. The summed E-state index contributed by atoms with van der Waals surface area (Å²) in [5.41, 5.74) is 2.96. The molecule has 7 nitrogen and oxygen atoms in total. The molecule has 0 saturated carbocycles. The van der Waals surface area contributed by atoms with Crippen molar-refractivity contribution in [2.75, 3.05) is 5.32 Å². The van der Waals surface area contributed by atoms with Crippen molar-refractivity contribution in [2.24, 2.45) is 7.05 Å². The number of anilines is 1. The summed E-state index contributed by atoms with van der Waals surface area (Å²) in [4.78, 5) is 15.6. The van der Waals surface area contributed by atoms with Gasteiger partial charge in [-0.15, -0.1) is 5.10 Å². The van der Waals surface area contributed by atoms with Crippen LogP contribution in [0.25, 0.3) is 22.3 Å². The number of H-pyrrole nitrogens is 1. The van der Waals surface area contributed by atoms with Gasteiger partial charge in [-0.25, -0.2) is 4.68 Å². The lowest BCUT2D eigenvalue weighted by Crippen LogP contribution is -2.12. The number of hydrogen-bond donors (Lipinski definition) is 2. The van der Waals surface area contributed by atoms with Gasteiger partial charge in [0, 0.05) is 29.2 Å². The van der Waals surface area contributed by atoms with Gasteiger partial charge < -0.3 is 10.3 Å². The summed E-state index contributed by atoms with van der Waals surface area (Å²) in [6.07, 6.45) is 0. The van der Waals surface area contributed by atoms with Crippen LogP contribution in [-0.2, 0) is 7.05 Å². The molecule has 2 N–H and O–H groups in total. The Morgan fingerprint density at radius 2 is 2.00 bits per heavy atom. The molecule has 0 aliphatic rings. The van der Waals surface area contributed by atoms with Gasteiger partial charge in [-0.2, -0.15) is 0 Å². The van der Waals surface area contributed by atoms with Gasteiger partial charge in [0.05, 0.1) is 0 Å². The van der Waals surface area contributed by atoms with Crippen LogP contribution in [0.5, 0.6) is 0 Å². The van der Waals surface area contributed by atoms with Crippen molar-refractivity contribution in [3.05, 3.63) is 60.3 Å². The smallest absolute Gasteiger partial charge is 0.272 e. The lowest BCUT2D eigenvalue weighted by atomic mass is 10.2. The average molecular weight is 318 g/mol. The Bertz CT molecular complexity index is 999. The minimum atomic E-state index is -0.195. The van der Waals surface area contributed by atoms with Crippen molar-refractivity contribution in [3.8, 4) is 11.4 Å². The Morgan fingerprint density at radius 3 is 2.79 bits per heavy atom. The molecule has 0 radical (unpaired) electrons. The van der Waals surface area contributed by atoms with Crippen LogP contribution in [0, 0.1) is 0 Å². The van der Waals surface area contributed by atoms with Gasteiger partial charge in [-0.1, -0.05) is 30.3 Å². The normalized spacial score (nSPS) is 10.9. The van der Waals surface area contributed by atoms with E-state index in [0.717, 1.165) is 16.5 Å². The van der Waals surface area contributed by atoms with E-state index in [1.165, 1.54) is 0 Å². The summed E-state index contributed by atoms with van der Waals surface area (Å²) in [6, 6.07) is 17.0. The van der Waals surface area contributed by atoms with Gasteiger partial charge in [-0.05, 0) is 34.7 Å². The number of rotatable bonds is 3. The molecule has 2 heterocycles. The topological polar surface area (TPSA) is 88.5 Å². The molecule has 118 valence electrons. The Morgan fingerprint density at radius 1 is 1.12 bits per heavy atom. The fraction of sp³-hybridized carbons (Fsp3) is 0.0588. The molecule has 0 aliphatic carbocycles. The third kappa shape index (κ3) is 2.52. The molecule has 7 heteroatoms. The van der Waals surface area contributed by atoms with Gasteiger partial charge in [0.15, 0.2) is 5.82 Å². The van der Waals surface area contributed by atoms with Crippen LogP contribution in [-0.4, -0.2) is 31.1 Å². The molecule has 0 saturated heterocycles. The lowest BCUT2D eigenvalue weighted by Gasteiger charge is -2.06. The van der Waals surface area contributed by atoms with Gasteiger partial charge in [0.2, 0.25) is 0 Å². The second-order valence-electron chi connectivity index (χ2n) is 5.43. The molecule has 0 bridgehead atoms. The number of nitrogens with one attached hydrogen (secondary N) is 2. The Kier molecular flexibility index (Phi) is 3.31. The molecule has 4 aromatic rings. The molecule has 2 aromatic heterocycles. The van der Waals surface area contributed by atoms with Crippen LogP contribution in [0.2, 0.25) is 0 Å². The van der Waals surface area contributed by atoms with Crippen molar-refractivity contribution in [1.29, 1.82) is 0 Å². The molecule has 1 amide bonds. The van der Waals surface area contributed by atoms with Crippen molar-refractivity contribution >= 4 is 22.5 Å². The number of aromatic amines is 1. The van der Waals surface area contributed by atoms with Crippen LogP contribution in [0.3, 0.4) is 0 Å². The van der Waals surface area contributed by atoms with Crippen LogP contribution in [0.4, 0.5) is 5.69 Å². The number of fused-ring (bicyclic) bond motifs is 1. The first-order chi connectivity index (χ1) is 11.7. The van der Waals surface area contributed by atoms with Crippen molar-refractivity contribution in [3.63, 3.8) is 0 Å². The largest absolute Gasteiger partial charge is 0.351 e. The van der Waals surface area contributed by atoms with Crippen LogP contribution >= 0.6 is 0 Å². The number of amides is 1. The number of aryl methyl sites for hydroxylation is 1. The maximum absolute atomic E-state index is 12.5. The zero-order chi connectivity index (χ0) is 16.5. The molecule has 0 spiro atoms. The highest BCUT2D eigenvalue weighted by molar-refractivity contribution is 6.06. The minimum Gasteiger partial charge on any atom is -0.351 e. The van der Waals surface area contributed by atoms with Gasteiger partial charge >= 0.3 is 0 Å². The number of aromatic nitrogens is 5. The predicted molar refractivity (Wildman–Crippen MR) is 90.5 cm³/mol. The zero-order valence-electron chi connectivity index (χ0n) is 12.9. The standard InChI is InChI=1S/C17H14N6O/c1-23-16(20-21-22-23)12-6-4-7-13(9-12)18-17(24)15-10-11-5-2-3-8-14(11)19-15/h2-10,19H,1H3,(H,18,24). The number of carbonyl (C=O) groups excluding carboxylic acids is 1. The monoisotopic (exact) mass is 318 g/mol. The molecule has 24 heavy (non-hydrogen) atoms. The molecular weight excluding hydrogens is 304 g/mol. The predicted octanol–water partition coefficient (Wildman–Crippen LogP) is 2.61. The zero-order valence-corrected chi connectivity index (χ0v) is 12.9. The Labute approximate surface area is 137 Å². The van der Waals surface area contributed by atoms with Crippen LogP contribution in [0.15, 0.2) is 54.6 Å². The summed E-state index contributed by atoms with van der Waals surface area (Å²) >= 11 is 0. The van der Waals surface area contributed by atoms with E-state index in [2.05, 4.69) is 25.8 Å². The molecular formula is C17H14N6O. The highest BCUT2D eigenvalue weighted by Crippen LogP contribution is 2.21. The molecule has 2 aromatic carbocycles. The molecule has 0 aliphatic heterocycles. The Hall–Kier alpha value is -3.48. The summed E-state index contributed by atoms with van der Waals surface area (Å²) in [5, 5.41) is 15.3. The fourth-order valence-electron chi connectivity index (χ4n) is 2.60. The first-order valence-corrected chi connectivity index (χ1v) is 7.42. The van der Waals surface area contributed by atoms with Crippen molar-refractivity contribution in [1.82, 2.24) is 25.2 Å². The molecule has 0 fully saturated rings.